The van der Waals surface area contributed by atoms with Crippen molar-refractivity contribution in [2.24, 2.45) is 0 Å². The Morgan fingerprint density at radius 1 is 1.20 bits per heavy atom. The zero-order valence-corrected chi connectivity index (χ0v) is 10.8. The molecule has 2 heterocycles. The fraction of sp³-hybridized carbons (Fsp3) is 0.583. The second-order valence-electron chi connectivity index (χ2n) is 4.26. The molecule has 1 saturated heterocycles. The van der Waals surface area contributed by atoms with Crippen molar-refractivity contribution in [1.82, 2.24) is 10.3 Å². The summed E-state index contributed by atoms with van der Waals surface area (Å²) in [6, 6.07) is 1.77. The maximum Gasteiger partial charge on any atom is 0.522 e. The number of hydrogen-bond acceptors (Lipinski definition) is 5. The van der Waals surface area contributed by atoms with Gasteiger partial charge in [-0.2, -0.15) is 0 Å². The number of aromatic nitrogens is 1. The molecule has 0 amide bonds. The van der Waals surface area contributed by atoms with Gasteiger partial charge in [0.1, 0.15) is 12.4 Å². The Balaban J connectivity index is 1.83. The highest BCUT2D eigenvalue weighted by Gasteiger charge is 2.28. The Morgan fingerprint density at radius 3 is 2.65 bits per heavy atom. The van der Waals surface area contributed by atoms with Gasteiger partial charge in [-0.1, -0.05) is 0 Å². The Labute approximate surface area is 114 Å². The first-order chi connectivity index (χ1) is 9.54. The molecule has 1 fully saturated rings. The SMILES string of the molecule is FC(F)(F)OCCOc1cncc(N2CCNCC2)c1. The van der Waals surface area contributed by atoms with Gasteiger partial charge in [0, 0.05) is 32.2 Å². The molecule has 8 heteroatoms. The molecule has 0 saturated carbocycles. The summed E-state index contributed by atoms with van der Waals surface area (Å²) in [5, 5.41) is 3.24. The summed E-state index contributed by atoms with van der Waals surface area (Å²) in [6.45, 7) is 2.80. The molecule has 112 valence electrons. The van der Waals surface area contributed by atoms with Crippen molar-refractivity contribution >= 4 is 5.69 Å². The molecular weight excluding hydrogens is 275 g/mol. The quantitative estimate of drug-likeness (QED) is 0.831. The first-order valence-corrected chi connectivity index (χ1v) is 6.29. The average molecular weight is 291 g/mol. The van der Waals surface area contributed by atoms with Gasteiger partial charge >= 0.3 is 6.36 Å². The molecule has 0 atom stereocenters. The maximum atomic E-state index is 11.8. The van der Waals surface area contributed by atoms with Crippen LogP contribution in [0, 0.1) is 0 Å². The fourth-order valence-corrected chi connectivity index (χ4v) is 1.90. The van der Waals surface area contributed by atoms with E-state index in [4.69, 9.17) is 4.74 Å². The first kappa shape index (κ1) is 14.9. The monoisotopic (exact) mass is 291 g/mol. The number of pyridine rings is 1. The summed E-state index contributed by atoms with van der Waals surface area (Å²) >= 11 is 0. The van der Waals surface area contributed by atoms with Crippen LogP contribution in [0.5, 0.6) is 5.75 Å². The Morgan fingerprint density at radius 2 is 1.95 bits per heavy atom. The number of hydrogen-bond donors (Lipinski definition) is 1. The third-order valence-electron chi connectivity index (χ3n) is 2.80. The molecule has 2 rings (SSSR count). The third kappa shape index (κ3) is 4.86. The molecule has 1 aliphatic rings. The van der Waals surface area contributed by atoms with Crippen LogP contribution < -0.4 is 15.0 Å². The highest BCUT2D eigenvalue weighted by atomic mass is 19.4. The highest BCUT2D eigenvalue weighted by molar-refractivity contribution is 5.48. The normalized spacial score (nSPS) is 16.2. The van der Waals surface area contributed by atoms with Gasteiger partial charge in [0.2, 0.25) is 0 Å². The van der Waals surface area contributed by atoms with Crippen LogP contribution in [0.1, 0.15) is 0 Å². The number of piperazine rings is 1. The largest absolute Gasteiger partial charge is 0.522 e. The highest BCUT2D eigenvalue weighted by Crippen LogP contribution is 2.20. The van der Waals surface area contributed by atoms with Crippen molar-refractivity contribution in [2.75, 3.05) is 44.3 Å². The minimum atomic E-state index is -4.62. The summed E-state index contributed by atoms with van der Waals surface area (Å²) in [7, 11) is 0. The molecule has 1 aromatic rings. The topological polar surface area (TPSA) is 46.6 Å². The number of anilines is 1. The zero-order valence-electron chi connectivity index (χ0n) is 10.8. The molecule has 0 bridgehead atoms. The van der Waals surface area contributed by atoms with Crippen LogP contribution in [-0.2, 0) is 4.74 Å². The molecule has 0 radical (unpaired) electrons. The van der Waals surface area contributed by atoms with Crippen molar-refractivity contribution in [2.45, 2.75) is 6.36 Å². The molecule has 0 unspecified atom stereocenters. The van der Waals surface area contributed by atoms with Gasteiger partial charge in [-0.25, -0.2) is 0 Å². The van der Waals surface area contributed by atoms with E-state index in [1.54, 1.807) is 12.3 Å². The van der Waals surface area contributed by atoms with Crippen LogP contribution in [-0.4, -0.2) is 50.7 Å². The maximum absolute atomic E-state index is 11.8. The van der Waals surface area contributed by atoms with Gasteiger partial charge in [-0.15, -0.1) is 13.2 Å². The molecule has 1 aromatic heterocycles. The lowest BCUT2D eigenvalue weighted by Crippen LogP contribution is -2.43. The van der Waals surface area contributed by atoms with Crippen molar-refractivity contribution in [3.8, 4) is 5.75 Å². The van der Waals surface area contributed by atoms with Crippen LogP contribution in [0.4, 0.5) is 18.9 Å². The average Bonchev–Trinajstić information content (AvgIpc) is 2.44. The van der Waals surface area contributed by atoms with Gasteiger partial charge in [0.05, 0.1) is 24.7 Å². The fourth-order valence-electron chi connectivity index (χ4n) is 1.90. The minimum absolute atomic E-state index is 0.174. The molecule has 0 aromatic carbocycles. The molecule has 1 aliphatic heterocycles. The predicted octanol–water partition coefficient (Wildman–Crippen LogP) is 1.41. The summed E-state index contributed by atoms with van der Waals surface area (Å²) in [4.78, 5) is 6.18. The second kappa shape index (κ2) is 6.76. The van der Waals surface area contributed by atoms with Crippen LogP contribution in [0.15, 0.2) is 18.5 Å². The molecule has 0 aliphatic carbocycles. The summed E-state index contributed by atoms with van der Waals surface area (Å²) < 4.78 is 44.2. The van der Waals surface area contributed by atoms with E-state index in [1.165, 1.54) is 6.20 Å². The van der Waals surface area contributed by atoms with Gasteiger partial charge in [-0.05, 0) is 0 Å². The molecule has 5 nitrogen and oxygen atoms in total. The van der Waals surface area contributed by atoms with Crippen molar-refractivity contribution in [1.29, 1.82) is 0 Å². The van der Waals surface area contributed by atoms with Crippen molar-refractivity contribution in [3.05, 3.63) is 18.5 Å². The third-order valence-corrected chi connectivity index (χ3v) is 2.80. The first-order valence-electron chi connectivity index (χ1n) is 6.29. The number of nitrogens with zero attached hydrogens (tertiary/aromatic N) is 2. The standard InChI is InChI=1S/C12H16F3N3O2/c13-12(14,15)20-6-5-19-11-7-10(8-17-9-11)18-3-1-16-2-4-18/h7-9,16H,1-6H2. The van der Waals surface area contributed by atoms with E-state index in [2.05, 4.69) is 19.9 Å². The summed E-state index contributed by atoms with van der Waals surface area (Å²) in [5.41, 5.74) is 0.903. The Hall–Kier alpha value is -1.54. The molecule has 1 N–H and O–H groups in total. The van der Waals surface area contributed by atoms with Gasteiger partial charge in [-0.3, -0.25) is 9.72 Å². The van der Waals surface area contributed by atoms with E-state index in [0.717, 1.165) is 31.9 Å². The smallest absolute Gasteiger partial charge is 0.489 e. The van der Waals surface area contributed by atoms with Gasteiger partial charge in [0.25, 0.3) is 0 Å². The van der Waals surface area contributed by atoms with Crippen molar-refractivity contribution < 1.29 is 22.6 Å². The van der Waals surface area contributed by atoms with E-state index >= 15 is 0 Å². The van der Waals surface area contributed by atoms with Gasteiger partial charge in [0.15, 0.2) is 0 Å². The van der Waals surface area contributed by atoms with E-state index in [0.29, 0.717) is 5.75 Å². The lowest BCUT2D eigenvalue weighted by molar-refractivity contribution is -0.325. The Kier molecular flexibility index (Phi) is 5.02. The number of rotatable bonds is 5. The van der Waals surface area contributed by atoms with Crippen LogP contribution in [0.25, 0.3) is 0 Å². The van der Waals surface area contributed by atoms with Crippen LogP contribution in [0.2, 0.25) is 0 Å². The minimum Gasteiger partial charge on any atom is -0.489 e. The lowest BCUT2D eigenvalue weighted by atomic mass is 10.3. The van der Waals surface area contributed by atoms with E-state index in [-0.39, 0.29) is 6.61 Å². The number of nitrogens with one attached hydrogen (secondary N) is 1. The molecule has 20 heavy (non-hydrogen) atoms. The van der Waals surface area contributed by atoms with E-state index < -0.39 is 13.0 Å². The predicted molar refractivity (Wildman–Crippen MR) is 66.8 cm³/mol. The van der Waals surface area contributed by atoms with E-state index in [1.807, 2.05) is 0 Å². The number of halogens is 3. The number of alkyl halides is 3. The summed E-state index contributed by atoms with van der Waals surface area (Å²) in [5.74, 6) is 0.437. The second-order valence-corrected chi connectivity index (χ2v) is 4.26. The van der Waals surface area contributed by atoms with E-state index in [9.17, 15) is 13.2 Å². The molecule has 0 spiro atoms. The van der Waals surface area contributed by atoms with Crippen LogP contribution >= 0.6 is 0 Å². The Bertz CT molecular complexity index is 423. The lowest BCUT2D eigenvalue weighted by Gasteiger charge is -2.29. The summed E-state index contributed by atoms with van der Waals surface area (Å²) in [6.07, 6.45) is -1.44. The molecular formula is C12H16F3N3O2. The van der Waals surface area contributed by atoms with Crippen LogP contribution in [0.3, 0.4) is 0 Å². The number of ether oxygens (including phenoxy) is 2. The van der Waals surface area contributed by atoms with Gasteiger partial charge < -0.3 is 15.0 Å². The van der Waals surface area contributed by atoms with Crippen molar-refractivity contribution in [3.63, 3.8) is 0 Å². The zero-order chi connectivity index (χ0) is 14.4.